The lowest BCUT2D eigenvalue weighted by Crippen LogP contribution is -2.36. The van der Waals surface area contributed by atoms with E-state index >= 15 is 0 Å². The third-order valence-corrected chi connectivity index (χ3v) is 7.95. The number of rotatable bonds is 10. The van der Waals surface area contributed by atoms with Crippen molar-refractivity contribution in [3.05, 3.63) is 76.9 Å². The van der Waals surface area contributed by atoms with Gasteiger partial charge in [-0.2, -0.15) is 0 Å². The van der Waals surface area contributed by atoms with Crippen LogP contribution in [0.4, 0.5) is 4.79 Å². The molecule has 3 aromatic carbocycles. The molecule has 1 unspecified atom stereocenters. The molecule has 0 radical (unpaired) electrons. The highest BCUT2D eigenvalue weighted by atomic mass is 16.7. The second-order valence-electron chi connectivity index (χ2n) is 10.4. The first-order chi connectivity index (χ1) is 21.0. The fourth-order valence-corrected chi connectivity index (χ4v) is 6.01. The summed E-state index contributed by atoms with van der Waals surface area (Å²) in [5, 5.41) is 9.34. The quantitative estimate of drug-likeness (QED) is 0.203. The molecule has 3 aromatic rings. The second-order valence-corrected chi connectivity index (χ2v) is 10.4. The molecule has 2 heterocycles. The number of cyclic esters (lactones) is 1. The number of esters is 1. The maximum Gasteiger partial charge on any atom is 0.514 e. The van der Waals surface area contributed by atoms with Gasteiger partial charge in [0.15, 0.2) is 23.0 Å². The van der Waals surface area contributed by atoms with Crippen molar-refractivity contribution in [2.45, 2.75) is 25.0 Å². The summed E-state index contributed by atoms with van der Waals surface area (Å²) >= 11 is 0. The van der Waals surface area contributed by atoms with Crippen molar-refractivity contribution in [3.63, 3.8) is 0 Å². The zero-order chi connectivity index (χ0) is 29.9. The Morgan fingerprint density at radius 3 is 2.33 bits per heavy atom. The van der Waals surface area contributed by atoms with E-state index in [2.05, 4.69) is 0 Å². The number of methoxy groups -OCH3 is 2. The Balaban J connectivity index is 1.38. The van der Waals surface area contributed by atoms with E-state index in [-0.39, 0.29) is 55.7 Å². The van der Waals surface area contributed by atoms with Crippen molar-refractivity contribution >= 4 is 12.1 Å². The Morgan fingerprint density at radius 1 is 0.953 bits per heavy atom. The van der Waals surface area contributed by atoms with E-state index in [4.69, 9.17) is 37.9 Å². The number of ether oxygens (including phenoxy) is 8. The molecule has 6 rings (SSSR count). The molecule has 4 atom stereocenters. The van der Waals surface area contributed by atoms with Gasteiger partial charge < -0.3 is 43.0 Å². The summed E-state index contributed by atoms with van der Waals surface area (Å²) in [5.41, 5.74) is 3.14. The maximum atomic E-state index is 13.3. The zero-order valence-corrected chi connectivity index (χ0v) is 23.8. The van der Waals surface area contributed by atoms with Crippen LogP contribution in [-0.2, 0) is 25.6 Å². The van der Waals surface area contributed by atoms with Crippen LogP contribution in [0.15, 0.2) is 54.6 Å². The van der Waals surface area contributed by atoms with Crippen molar-refractivity contribution < 1.29 is 52.6 Å². The SMILES string of the molecule is COc1cc([C@@H]2c3cc4c(cc3[C@@H](OCCCO)C3COC(=O)[C@@H]32)OCO4)cc(OC)c1OC(=O)OCc1ccccc1. The van der Waals surface area contributed by atoms with Crippen LogP contribution in [0.2, 0.25) is 0 Å². The van der Waals surface area contributed by atoms with Gasteiger partial charge in [-0.1, -0.05) is 30.3 Å². The Bertz CT molecular complexity index is 1460. The molecule has 0 aromatic heterocycles. The van der Waals surface area contributed by atoms with Crippen LogP contribution in [0.3, 0.4) is 0 Å². The van der Waals surface area contributed by atoms with Crippen LogP contribution in [0.1, 0.15) is 40.7 Å². The van der Waals surface area contributed by atoms with Crippen molar-refractivity contribution in [2.24, 2.45) is 11.8 Å². The molecule has 1 N–H and O–H groups in total. The number of aliphatic hydroxyl groups is 1. The minimum Gasteiger partial charge on any atom is -0.493 e. The molecule has 2 aliphatic heterocycles. The lowest BCUT2D eigenvalue weighted by atomic mass is 9.66. The molecule has 3 aliphatic rings. The zero-order valence-electron chi connectivity index (χ0n) is 23.8. The Morgan fingerprint density at radius 2 is 1.65 bits per heavy atom. The van der Waals surface area contributed by atoms with Crippen LogP contribution in [0.25, 0.3) is 0 Å². The smallest absolute Gasteiger partial charge is 0.493 e. The highest BCUT2D eigenvalue weighted by Gasteiger charge is 2.53. The van der Waals surface area contributed by atoms with Gasteiger partial charge in [-0.25, -0.2) is 4.79 Å². The largest absolute Gasteiger partial charge is 0.514 e. The van der Waals surface area contributed by atoms with Crippen molar-refractivity contribution in [1.82, 2.24) is 0 Å². The minimum atomic E-state index is -0.925. The molecule has 1 fully saturated rings. The number of benzene rings is 3. The van der Waals surface area contributed by atoms with E-state index in [0.717, 1.165) is 16.7 Å². The summed E-state index contributed by atoms with van der Waals surface area (Å²) < 4.78 is 45.4. The van der Waals surface area contributed by atoms with Crippen LogP contribution < -0.4 is 23.7 Å². The summed E-state index contributed by atoms with van der Waals surface area (Å²) in [4.78, 5) is 25.9. The molecular weight excluding hydrogens is 560 g/mol. The summed E-state index contributed by atoms with van der Waals surface area (Å²) in [6.45, 7) is 0.595. The van der Waals surface area contributed by atoms with Crippen LogP contribution in [-0.4, -0.2) is 58.1 Å². The first-order valence-electron chi connectivity index (χ1n) is 14.0. The van der Waals surface area contributed by atoms with Crippen molar-refractivity contribution in [3.8, 4) is 28.7 Å². The molecule has 0 spiro atoms. The van der Waals surface area contributed by atoms with Gasteiger partial charge in [0.1, 0.15) is 6.61 Å². The number of carbonyl (C=O) groups is 2. The van der Waals surface area contributed by atoms with Gasteiger partial charge in [0, 0.05) is 25.0 Å². The van der Waals surface area contributed by atoms with Gasteiger partial charge in [-0.3, -0.25) is 4.79 Å². The third kappa shape index (κ3) is 5.53. The molecule has 0 amide bonds. The Hall–Kier alpha value is -4.48. The van der Waals surface area contributed by atoms with E-state index < -0.39 is 24.1 Å². The topological polar surface area (TPSA) is 128 Å². The summed E-state index contributed by atoms with van der Waals surface area (Å²) in [6.07, 6.45) is -0.934. The van der Waals surface area contributed by atoms with E-state index in [1.165, 1.54) is 14.2 Å². The molecule has 0 bridgehead atoms. The molecule has 11 heteroatoms. The predicted octanol–water partition coefficient (Wildman–Crippen LogP) is 4.52. The fraction of sp³-hybridized carbons (Fsp3) is 0.375. The molecular formula is C32H32O11. The minimum absolute atomic E-state index is 0.0132. The lowest BCUT2D eigenvalue weighted by Gasteiger charge is -2.39. The molecule has 1 saturated heterocycles. The average Bonchev–Trinajstić information content (AvgIpc) is 3.65. The van der Waals surface area contributed by atoms with Crippen molar-refractivity contribution in [1.29, 1.82) is 0 Å². The molecule has 1 aliphatic carbocycles. The van der Waals surface area contributed by atoms with Gasteiger partial charge in [0.25, 0.3) is 0 Å². The third-order valence-electron chi connectivity index (χ3n) is 7.95. The van der Waals surface area contributed by atoms with E-state index in [1.807, 2.05) is 42.5 Å². The monoisotopic (exact) mass is 592 g/mol. The van der Waals surface area contributed by atoms with Crippen LogP contribution in [0.5, 0.6) is 28.7 Å². The summed E-state index contributed by atoms with van der Waals surface area (Å²) in [5.74, 6) is -0.109. The maximum absolute atomic E-state index is 13.3. The Labute approximate surface area is 248 Å². The molecule has 0 saturated carbocycles. The summed E-state index contributed by atoms with van der Waals surface area (Å²) in [7, 11) is 2.90. The average molecular weight is 593 g/mol. The van der Waals surface area contributed by atoms with Gasteiger partial charge >= 0.3 is 12.1 Å². The Kier molecular flexibility index (Phi) is 8.26. The number of fused-ring (bicyclic) bond motifs is 3. The van der Waals surface area contributed by atoms with Crippen LogP contribution >= 0.6 is 0 Å². The molecule has 11 nitrogen and oxygen atoms in total. The molecule has 43 heavy (non-hydrogen) atoms. The normalized spacial score (nSPS) is 21.4. The first-order valence-corrected chi connectivity index (χ1v) is 14.0. The van der Waals surface area contributed by atoms with Gasteiger partial charge in [-0.15, -0.1) is 0 Å². The predicted molar refractivity (Wildman–Crippen MR) is 150 cm³/mol. The second kappa shape index (κ2) is 12.4. The number of hydrogen-bond donors (Lipinski definition) is 1. The van der Waals surface area contributed by atoms with E-state index in [0.29, 0.717) is 30.1 Å². The molecule has 226 valence electrons. The van der Waals surface area contributed by atoms with E-state index in [9.17, 15) is 14.7 Å². The summed E-state index contributed by atoms with van der Waals surface area (Å²) in [6, 6.07) is 16.4. The van der Waals surface area contributed by atoms with Gasteiger partial charge in [0.2, 0.25) is 12.5 Å². The fourth-order valence-electron chi connectivity index (χ4n) is 6.01. The standard InChI is InChI=1S/C32H32O11/c1-36-25-11-19(12-26(37-2)30(25)43-32(35)40-15-18-7-4-3-5-8-18)27-20-13-23-24(42-17-41-23)14-21(20)29(38-10-6-9-33)22-16-39-31(34)28(22)27/h3-5,7-8,11-14,22,27-29,33H,6,9-10,15-17H2,1-2H3/t22?,27-,28+,29-/m1/s1. The highest BCUT2D eigenvalue weighted by Crippen LogP contribution is 2.56. The van der Waals surface area contributed by atoms with Gasteiger partial charge in [-0.05, 0) is 52.9 Å². The number of aliphatic hydroxyl groups excluding tert-OH is 1. The van der Waals surface area contributed by atoms with Gasteiger partial charge in [0.05, 0.1) is 32.8 Å². The first kappa shape index (κ1) is 28.6. The van der Waals surface area contributed by atoms with Crippen LogP contribution in [0, 0.1) is 11.8 Å². The van der Waals surface area contributed by atoms with Crippen molar-refractivity contribution in [2.75, 3.05) is 40.8 Å². The number of carbonyl (C=O) groups excluding carboxylic acids is 2. The number of hydrogen-bond acceptors (Lipinski definition) is 11. The highest BCUT2D eigenvalue weighted by molar-refractivity contribution is 5.79. The lowest BCUT2D eigenvalue weighted by molar-refractivity contribution is -0.141. The van der Waals surface area contributed by atoms with E-state index in [1.54, 1.807) is 12.1 Å².